The first-order chi connectivity index (χ1) is 8.89. The van der Waals surface area contributed by atoms with E-state index in [-0.39, 0.29) is 12.5 Å². The fraction of sp³-hybridized carbons (Fsp3) is 0.583. The van der Waals surface area contributed by atoms with Gasteiger partial charge in [-0.25, -0.2) is 9.78 Å². The van der Waals surface area contributed by atoms with Crippen LogP contribution in [0.3, 0.4) is 0 Å². The minimum Gasteiger partial charge on any atom is -0.479 e. The lowest BCUT2D eigenvalue weighted by Crippen LogP contribution is -2.44. The molecule has 104 valence electrons. The van der Waals surface area contributed by atoms with Crippen LogP contribution in [0, 0.1) is 13.8 Å². The molecule has 0 aromatic carbocycles. The van der Waals surface area contributed by atoms with Crippen molar-refractivity contribution in [3.63, 3.8) is 0 Å². The normalized spacial score (nSPS) is 22.8. The van der Waals surface area contributed by atoms with Gasteiger partial charge in [0.05, 0.1) is 17.2 Å². The molecule has 0 saturated carbocycles. The number of likely N-dealkylation sites (tertiary alicyclic amines) is 1. The number of hydrogen-bond acceptors (Lipinski definition) is 5. The number of carbonyl (C=O) groups is 2. The van der Waals surface area contributed by atoms with Crippen LogP contribution in [0.4, 0.5) is 0 Å². The summed E-state index contributed by atoms with van der Waals surface area (Å²) in [6.07, 6.45) is 0.307. The standard InChI is InChI=1S/C12H16N2O4S/c1-7-9(19-8(2)13-7)10(15)14-5-4-12(6-14,18-3)11(16)17/h4-6H2,1-3H3,(H,16,17). The molecule has 0 radical (unpaired) electrons. The highest BCUT2D eigenvalue weighted by molar-refractivity contribution is 7.13. The van der Waals surface area contributed by atoms with Crippen molar-refractivity contribution in [2.45, 2.75) is 25.9 Å². The van der Waals surface area contributed by atoms with Gasteiger partial charge >= 0.3 is 5.97 Å². The molecule has 1 unspecified atom stereocenters. The minimum absolute atomic E-state index is 0.0774. The summed E-state index contributed by atoms with van der Waals surface area (Å²) in [5.74, 6) is -1.19. The molecular weight excluding hydrogens is 268 g/mol. The first-order valence-electron chi connectivity index (χ1n) is 5.91. The molecule has 1 aromatic rings. The van der Waals surface area contributed by atoms with E-state index in [1.54, 1.807) is 6.92 Å². The zero-order chi connectivity index (χ0) is 14.2. The Labute approximate surface area is 115 Å². The van der Waals surface area contributed by atoms with Crippen LogP contribution in [-0.2, 0) is 9.53 Å². The summed E-state index contributed by atoms with van der Waals surface area (Å²) in [6.45, 7) is 4.09. The van der Waals surface area contributed by atoms with Crippen LogP contribution < -0.4 is 0 Å². The van der Waals surface area contributed by atoms with E-state index in [9.17, 15) is 14.7 Å². The van der Waals surface area contributed by atoms with Crippen molar-refractivity contribution in [2.24, 2.45) is 0 Å². The van der Waals surface area contributed by atoms with E-state index in [1.807, 2.05) is 6.92 Å². The minimum atomic E-state index is -1.27. The molecule has 1 N–H and O–H groups in total. The monoisotopic (exact) mass is 284 g/mol. The summed E-state index contributed by atoms with van der Waals surface area (Å²) in [7, 11) is 1.37. The smallest absolute Gasteiger partial charge is 0.337 e. The highest BCUT2D eigenvalue weighted by atomic mass is 32.1. The zero-order valence-electron chi connectivity index (χ0n) is 11.1. The van der Waals surface area contributed by atoms with Crippen molar-refractivity contribution < 1.29 is 19.4 Å². The predicted molar refractivity (Wildman–Crippen MR) is 69.5 cm³/mol. The number of hydrogen-bond donors (Lipinski definition) is 1. The Kier molecular flexibility index (Phi) is 3.60. The number of aliphatic carboxylic acids is 1. The Morgan fingerprint density at radius 2 is 2.16 bits per heavy atom. The van der Waals surface area contributed by atoms with Crippen LogP contribution in [0.25, 0.3) is 0 Å². The lowest BCUT2D eigenvalue weighted by Gasteiger charge is -2.22. The molecule has 1 atom stereocenters. The van der Waals surface area contributed by atoms with Crippen LogP contribution in [0.5, 0.6) is 0 Å². The van der Waals surface area contributed by atoms with Gasteiger partial charge in [-0.05, 0) is 13.8 Å². The highest BCUT2D eigenvalue weighted by Crippen LogP contribution is 2.28. The third kappa shape index (κ3) is 2.35. The molecule has 2 rings (SSSR count). The maximum Gasteiger partial charge on any atom is 0.337 e. The van der Waals surface area contributed by atoms with Gasteiger partial charge in [-0.1, -0.05) is 0 Å². The lowest BCUT2D eigenvalue weighted by atomic mass is 10.0. The second kappa shape index (κ2) is 4.90. The third-order valence-electron chi connectivity index (χ3n) is 3.40. The summed E-state index contributed by atoms with van der Waals surface area (Å²) in [5, 5.41) is 10.0. The summed E-state index contributed by atoms with van der Waals surface area (Å²) in [5.41, 5.74) is -0.582. The van der Waals surface area contributed by atoms with Gasteiger partial charge in [-0.3, -0.25) is 4.79 Å². The predicted octanol–water partition coefficient (Wildman–Crippen LogP) is 1.08. The van der Waals surface area contributed by atoms with Crippen LogP contribution in [0.1, 0.15) is 26.8 Å². The molecule has 7 heteroatoms. The fourth-order valence-corrected chi connectivity index (χ4v) is 3.14. The van der Waals surface area contributed by atoms with Crippen LogP contribution in [0.15, 0.2) is 0 Å². The lowest BCUT2D eigenvalue weighted by molar-refractivity contribution is -0.160. The SMILES string of the molecule is COC1(C(=O)O)CCN(C(=O)c2sc(C)nc2C)C1. The van der Waals surface area contributed by atoms with Crippen molar-refractivity contribution >= 4 is 23.2 Å². The Morgan fingerprint density at radius 3 is 2.58 bits per heavy atom. The molecule has 1 aliphatic heterocycles. The zero-order valence-corrected chi connectivity index (χ0v) is 11.9. The molecule has 1 amide bonds. The van der Waals surface area contributed by atoms with Crippen molar-refractivity contribution in [1.82, 2.24) is 9.88 Å². The fourth-order valence-electron chi connectivity index (χ4n) is 2.26. The van der Waals surface area contributed by atoms with Crippen molar-refractivity contribution in [2.75, 3.05) is 20.2 Å². The van der Waals surface area contributed by atoms with E-state index in [0.717, 1.165) is 5.01 Å². The average Bonchev–Trinajstić information content (AvgIpc) is 2.93. The average molecular weight is 284 g/mol. The van der Waals surface area contributed by atoms with Gasteiger partial charge in [-0.15, -0.1) is 11.3 Å². The number of rotatable bonds is 3. The van der Waals surface area contributed by atoms with E-state index in [1.165, 1.54) is 23.3 Å². The molecule has 0 bridgehead atoms. The van der Waals surface area contributed by atoms with Gasteiger partial charge in [0, 0.05) is 20.1 Å². The van der Waals surface area contributed by atoms with Gasteiger partial charge < -0.3 is 14.7 Å². The van der Waals surface area contributed by atoms with Crippen molar-refractivity contribution in [3.05, 3.63) is 15.6 Å². The molecule has 0 spiro atoms. The largest absolute Gasteiger partial charge is 0.479 e. The summed E-state index contributed by atoms with van der Waals surface area (Å²) >= 11 is 1.33. The first kappa shape index (κ1) is 14.0. The number of carboxylic acids is 1. The van der Waals surface area contributed by atoms with E-state index in [0.29, 0.717) is 23.5 Å². The van der Waals surface area contributed by atoms with Crippen LogP contribution >= 0.6 is 11.3 Å². The Hall–Kier alpha value is -1.47. The Morgan fingerprint density at radius 1 is 1.47 bits per heavy atom. The number of aromatic nitrogens is 1. The van der Waals surface area contributed by atoms with E-state index in [2.05, 4.69) is 4.98 Å². The van der Waals surface area contributed by atoms with Crippen molar-refractivity contribution in [3.8, 4) is 0 Å². The molecule has 19 heavy (non-hydrogen) atoms. The maximum absolute atomic E-state index is 12.4. The quantitative estimate of drug-likeness (QED) is 0.898. The number of amides is 1. The second-order valence-corrected chi connectivity index (χ2v) is 5.83. The maximum atomic E-state index is 12.4. The summed E-state index contributed by atoms with van der Waals surface area (Å²) in [4.78, 5) is 29.9. The van der Waals surface area contributed by atoms with Crippen LogP contribution in [-0.4, -0.2) is 52.7 Å². The molecule has 0 aliphatic carbocycles. The van der Waals surface area contributed by atoms with Gasteiger partial charge in [0.25, 0.3) is 5.91 Å². The number of methoxy groups -OCH3 is 1. The number of ether oxygens (including phenoxy) is 1. The number of thiazole rings is 1. The van der Waals surface area contributed by atoms with E-state index >= 15 is 0 Å². The number of carboxylic acid groups (broad SMARTS) is 1. The van der Waals surface area contributed by atoms with E-state index in [4.69, 9.17) is 4.74 Å². The van der Waals surface area contributed by atoms with Gasteiger partial charge in [-0.2, -0.15) is 0 Å². The first-order valence-corrected chi connectivity index (χ1v) is 6.73. The number of aryl methyl sites for hydroxylation is 2. The molecule has 6 nitrogen and oxygen atoms in total. The van der Waals surface area contributed by atoms with Crippen LogP contribution in [0.2, 0.25) is 0 Å². The molecule has 1 aliphatic rings. The second-order valence-electron chi connectivity index (χ2n) is 4.63. The number of carbonyl (C=O) groups excluding carboxylic acids is 1. The highest BCUT2D eigenvalue weighted by Gasteiger charge is 2.47. The molecular formula is C12H16N2O4S. The van der Waals surface area contributed by atoms with Crippen molar-refractivity contribution in [1.29, 1.82) is 0 Å². The Balaban J connectivity index is 2.19. The molecule has 2 heterocycles. The third-order valence-corrected chi connectivity index (χ3v) is 4.46. The summed E-state index contributed by atoms with van der Waals surface area (Å²) in [6, 6.07) is 0. The van der Waals surface area contributed by atoms with Gasteiger partial charge in [0.1, 0.15) is 4.88 Å². The Bertz CT molecular complexity index is 528. The summed E-state index contributed by atoms with van der Waals surface area (Å²) < 4.78 is 5.11. The topological polar surface area (TPSA) is 79.7 Å². The molecule has 1 aromatic heterocycles. The number of nitrogens with zero attached hydrogens (tertiary/aromatic N) is 2. The molecule has 1 saturated heterocycles. The molecule has 1 fully saturated rings. The van der Waals surface area contributed by atoms with Gasteiger partial charge in [0.2, 0.25) is 0 Å². The van der Waals surface area contributed by atoms with Gasteiger partial charge in [0.15, 0.2) is 5.60 Å². The van der Waals surface area contributed by atoms with E-state index < -0.39 is 11.6 Å².